The summed E-state index contributed by atoms with van der Waals surface area (Å²) in [6, 6.07) is 20.7. The van der Waals surface area contributed by atoms with Gasteiger partial charge in [-0.1, -0.05) is 48.0 Å². The molecule has 0 bridgehead atoms. The predicted octanol–water partition coefficient (Wildman–Crippen LogP) is 4.36. The van der Waals surface area contributed by atoms with Crippen molar-refractivity contribution in [2.45, 2.75) is 4.90 Å². The molecule has 0 unspecified atom stereocenters. The van der Waals surface area contributed by atoms with Crippen LogP contribution in [-0.2, 0) is 10.0 Å². The average Bonchev–Trinajstić information content (AvgIpc) is 2.65. The minimum Gasteiger partial charge on any atom is -0.421 e. The zero-order chi connectivity index (χ0) is 18.6. The third-order valence-electron chi connectivity index (χ3n) is 3.45. The van der Waals surface area contributed by atoms with Gasteiger partial charge >= 0.3 is 5.97 Å². The first kappa shape index (κ1) is 18.0. The second-order valence-corrected chi connectivity index (χ2v) is 7.41. The van der Waals surface area contributed by atoms with Gasteiger partial charge in [0.1, 0.15) is 5.75 Å². The van der Waals surface area contributed by atoms with Crippen LogP contribution in [-0.4, -0.2) is 14.4 Å². The lowest BCUT2D eigenvalue weighted by Gasteiger charge is -2.11. The van der Waals surface area contributed by atoms with Crippen molar-refractivity contribution in [1.29, 1.82) is 0 Å². The molecule has 3 aromatic carbocycles. The van der Waals surface area contributed by atoms with E-state index in [9.17, 15) is 13.2 Å². The van der Waals surface area contributed by atoms with Crippen molar-refractivity contribution in [3.05, 3.63) is 89.4 Å². The molecule has 0 saturated carbocycles. The highest BCUT2D eigenvalue weighted by atomic mass is 35.5. The Bertz CT molecular complexity index is 1020. The predicted molar refractivity (Wildman–Crippen MR) is 100 cm³/mol. The lowest BCUT2D eigenvalue weighted by atomic mass is 10.2. The molecule has 0 fully saturated rings. The van der Waals surface area contributed by atoms with Crippen molar-refractivity contribution in [3.63, 3.8) is 0 Å². The van der Waals surface area contributed by atoms with Gasteiger partial charge in [0.15, 0.2) is 0 Å². The van der Waals surface area contributed by atoms with Gasteiger partial charge in [-0.05, 0) is 42.5 Å². The maximum absolute atomic E-state index is 12.3. The first-order chi connectivity index (χ1) is 12.5. The smallest absolute Gasteiger partial charge is 0.343 e. The Morgan fingerprint density at radius 2 is 1.50 bits per heavy atom. The summed E-state index contributed by atoms with van der Waals surface area (Å²) in [5.41, 5.74) is 0.649. The number of ether oxygens (including phenoxy) is 1. The molecule has 0 aliphatic rings. The summed E-state index contributed by atoms with van der Waals surface area (Å²) >= 11 is 6.12. The van der Waals surface area contributed by atoms with Crippen LogP contribution in [0.3, 0.4) is 0 Å². The number of carbonyl (C=O) groups is 1. The molecule has 3 rings (SSSR count). The summed E-state index contributed by atoms with van der Waals surface area (Å²) in [7, 11) is -3.73. The second-order valence-electron chi connectivity index (χ2n) is 5.32. The number of carbonyl (C=O) groups excluding carboxylic acids is 1. The minimum atomic E-state index is -3.73. The van der Waals surface area contributed by atoms with Crippen LogP contribution in [0.5, 0.6) is 5.75 Å². The fraction of sp³-hybridized carbons (Fsp3) is 0. The molecule has 132 valence electrons. The summed E-state index contributed by atoms with van der Waals surface area (Å²) in [5.74, 6) is -0.409. The van der Waals surface area contributed by atoms with Crippen LogP contribution >= 0.6 is 11.6 Å². The molecule has 7 heteroatoms. The van der Waals surface area contributed by atoms with Gasteiger partial charge in [0.2, 0.25) is 0 Å². The summed E-state index contributed by atoms with van der Waals surface area (Å²) < 4.78 is 32.3. The Hall–Kier alpha value is -2.83. The van der Waals surface area contributed by atoms with Gasteiger partial charge in [0, 0.05) is 0 Å². The fourth-order valence-electron chi connectivity index (χ4n) is 2.19. The quantitative estimate of drug-likeness (QED) is 0.521. The zero-order valence-corrected chi connectivity index (χ0v) is 15.0. The first-order valence-corrected chi connectivity index (χ1v) is 9.46. The normalized spacial score (nSPS) is 11.0. The van der Waals surface area contributed by atoms with Crippen molar-refractivity contribution in [2.24, 2.45) is 0 Å². The Kier molecular flexibility index (Phi) is 5.25. The Morgan fingerprint density at radius 3 is 2.12 bits per heavy atom. The third kappa shape index (κ3) is 4.22. The number of sulfonamides is 1. The molecule has 0 amide bonds. The Balaban J connectivity index is 1.77. The van der Waals surface area contributed by atoms with Crippen LogP contribution in [0.4, 0.5) is 5.69 Å². The number of nitrogens with one attached hydrogen (secondary N) is 1. The van der Waals surface area contributed by atoms with Gasteiger partial charge in [0.05, 0.1) is 21.2 Å². The standard InChI is InChI=1S/C19H14ClNO4S/c20-17-13-15(21-26(23,24)16-9-5-2-6-10-16)11-12-18(17)25-19(22)14-7-3-1-4-8-14/h1-13,21H. The molecule has 0 radical (unpaired) electrons. The highest BCUT2D eigenvalue weighted by molar-refractivity contribution is 7.92. The van der Waals surface area contributed by atoms with E-state index < -0.39 is 16.0 Å². The molecule has 0 aliphatic heterocycles. The number of hydrogen-bond donors (Lipinski definition) is 1. The van der Waals surface area contributed by atoms with Gasteiger partial charge < -0.3 is 4.74 Å². The van der Waals surface area contributed by atoms with Gasteiger partial charge in [0.25, 0.3) is 10.0 Å². The molecule has 0 aromatic heterocycles. The van der Waals surface area contributed by atoms with E-state index in [-0.39, 0.29) is 21.4 Å². The van der Waals surface area contributed by atoms with E-state index in [2.05, 4.69) is 4.72 Å². The van der Waals surface area contributed by atoms with E-state index in [1.54, 1.807) is 48.5 Å². The van der Waals surface area contributed by atoms with Gasteiger partial charge in [-0.2, -0.15) is 0 Å². The van der Waals surface area contributed by atoms with E-state index in [0.29, 0.717) is 5.56 Å². The van der Waals surface area contributed by atoms with E-state index in [1.165, 1.54) is 30.3 Å². The molecule has 5 nitrogen and oxygen atoms in total. The maximum Gasteiger partial charge on any atom is 0.343 e. The Morgan fingerprint density at radius 1 is 0.885 bits per heavy atom. The maximum atomic E-state index is 12.3. The van der Waals surface area contributed by atoms with E-state index >= 15 is 0 Å². The van der Waals surface area contributed by atoms with Gasteiger partial charge in [-0.25, -0.2) is 13.2 Å². The van der Waals surface area contributed by atoms with Gasteiger partial charge in [-0.3, -0.25) is 4.72 Å². The number of hydrogen-bond acceptors (Lipinski definition) is 4. The lowest BCUT2D eigenvalue weighted by molar-refractivity contribution is 0.0735. The molecular formula is C19H14ClNO4S. The average molecular weight is 388 g/mol. The molecule has 3 aromatic rings. The second kappa shape index (κ2) is 7.59. The Labute approximate surface area is 156 Å². The number of anilines is 1. The van der Waals surface area contributed by atoms with Crippen LogP contribution in [0.2, 0.25) is 5.02 Å². The van der Waals surface area contributed by atoms with Crippen LogP contribution in [0.1, 0.15) is 10.4 Å². The van der Waals surface area contributed by atoms with E-state index in [4.69, 9.17) is 16.3 Å². The molecular weight excluding hydrogens is 374 g/mol. The third-order valence-corrected chi connectivity index (χ3v) is 5.14. The van der Waals surface area contributed by atoms with E-state index in [1.807, 2.05) is 0 Å². The molecule has 0 spiro atoms. The monoisotopic (exact) mass is 387 g/mol. The first-order valence-electron chi connectivity index (χ1n) is 7.60. The number of halogens is 1. The van der Waals surface area contributed by atoms with Gasteiger partial charge in [-0.15, -0.1) is 0 Å². The summed E-state index contributed by atoms with van der Waals surface area (Å²) in [4.78, 5) is 12.2. The zero-order valence-electron chi connectivity index (χ0n) is 13.4. The molecule has 0 heterocycles. The summed E-state index contributed by atoms with van der Waals surface area (Å²) in [6.07, 6.45) is 0. The fourth-order valence-corrected chi connectivity index (χ4v) is 3.48. The van der Waals surface area contributed by atoms with Crippen molar-refractivity contribution in [2.75, 3.05) is 4.72 Å². The highest BCUT2D eigenvalue weighted by Gasteiger charge is 2.15. The molecule has 0 atom stereocenters. The molecule has 0 saturated heterocycles. The number of esters is 1. The number of rotatable bonds is 5. The number of benzene rings is 3. The summed E-state index contributed by atoms with van der Waals surface area (Å²) in [6.45, 7) is 0. The highest BCUT2D eigenvalue weighted by Crippen LogP contribution is 2.29. The van der Waals surface area contributed by atoms with E-state index in [0.717, 1.165) is 0 Å². The van der Waals surface area contributed by atoms with Crippen molar-refractivity contribution in [3.8, 4) is 5.75 Å². The largest absolute Gasteiger partial charge is 0.421 e. The van der Waals surface area contributed by atoms with Crippen molar-refractivity contribution in [1.82, 2.24) is 0 Å². The van der Waals surface area contributed by atoms with Crippen LogP contribution in [0.25, 0.3) is 0 Å². The molecule has 0 aliphatic carbocycles. The summed E-state index contributed by atoms with van der Waals surface area (Å²) in [5, 5.41) is 0.113. The van der Waals surface area contributed by atoms with Crippen molar-refractivity contribution < 1.29 is 17.9 Å². The van der Waals surface area contributed by atoms with Crippen LogP contribution in [0, 0.1) is 0 Å². The molecule has 1 N–H and O–H groups in total. The topological polar surface area (TPSA) is 72.5 Å². The lowest BCUT2D eigenvalue weighted by Crippen LogP contribution is -2.13. The van der Waals surface area contributed by atoms with Crippen molar-refractivity contribution >= 4 is 33.3 Å². The van der Waals surface area contributed by atoms with Crippen LogP contribution < -0.4 is 9.46 Å². The minimum absolute atomic E-state index is 0.113. The molecule has 26 heavy (non-hydrogen) atoms. The SMILES string of the molecule is O=C(Oc1ccc(NS(=O)(=O)c2ccccc2)cc1Cl)c1ccccc1. The van der Waals surface area contributed by atoms with Crippen LogP contribution in [0.15, 0.2) is 83.8 Å².